The number of rotatable bonds is 5. The number of aromatic nitrogens is 3. The summed E-state index contributed by atoms with van der Waals surface area (Å²) in [4.78, 5) is 10.3. The average Bonchev–Trinajstić information content (AvgIpc) is 3.07. The van der Waals surface area contributed by atoms with Crippen LogP contribution < -0.4 is 5.32 Å². The van der Waals surface area contributed by atoms with Gasteiger partial charge in [-0.2, -0.15) is 0 Å². The lowest BCUT2D eigenvalue weighted by Crippen LogP contribution is -1.97. The second kappa shape index (κ2) is 7.45. The molecular formula is C22H22N4S. The van der Waals surface area contributed by atoms with E-state index < -0.39 is 0 Å². The molecule has 5 heteroatoms. The molecule has 0 bridgehead atoms. The fourth-order valence-corrected chi connectivity index (χ4v) is 3.47. The minimum Gasteiger partial charge on any atom is -0.339 e. The Labute approximate surface area is 163 Å². The van der Waals surface area contributed by atoms with E-state index in [-0.39, 0.29) is 0 Å². The molecule has 0 spiro atoms. The lowest BCUT2D eigenvalue weighted by molar-refractivity contribution is 0.867. The van der Waals surface area contributed by atoms with Crippen LogP contribution in [0.1, 0.15) is 25.3 Å². The van der Waals surface area contributed by atoms with Crippen LogP contribution in [0.3, 0.4) is 0 Å². The van der Waals surface area contributed by atoms with E-state index in [4.69, 9.17) is 4.98 Å². The molecule has 0 aliphatic rings. The van der Waals surface area contributed by atoms with E-state index in [0.29, 0.717) is 5.92 Å². The number of nitrogens with one attached hydrogen (secondary N) is 1. The number of benzene rings is 2. The van der Waals surface area contributed by atoms with Crippen LogP contribution in [-0.2, 0) is 0 Å². The van der Waals surface area contributed by atoms with Crippen molar-refractivity contribution < 1.29 is 0 Å². The summed E-state index contributed by atoms with van der Waals surface area (Å²) in [6, 6.07) is 17.1. The Morgan fingerprint density at radius 3 is 2.41 bits per heavy atom. The summed E-state index contributed by atoms with van der Waals surface area (Å²) in [6.07, 6.45) is 7.58. The van der Waals surface area contributed by atoms with E-state index in [2.05, 4.69) is 78.9 Å². The predicted octanol–water partition coefficient (Wildman–Crippen LogP) is 5.99. The fraction of sp³-hybridized carbons (Fsp3) is 0.182. The molecule has 0 aliphatic heterocycles. The number of thioether (sulfide) groups is 1. The van der Waals surface area contributed by atoms with Gasteiger partial charge in [0.25, 0.3) is 0 Å². The molecule has 0 radical (unpaired) electrons. The highest BCUT2D eigenvalue weighted by Crippen LogP contribution is 2.32. The van der Waals surface area contributed by atoms with Crippen molar-refractivity contribution in [2.24, 2.45) is 0 Å². The molecule has 27 heavy (non-hydrogen) atoms. The largest absolute Gasteiger partial charge is 0.339 e. The minimum absolute atomic E-state index is 0.520. The van der Waals surface area contributed by atoms with Gasteiger partial charge in [-0.25, -0.2) is 4.98 Å². The maximum absolute atomic E-state index is 4.81. The Balaban J connectivity index is 1.77. The molecule has 136 valence electrons. The SMILES string of the molecule is CSc1ccc(-c2nc3cnccn3c2Nc2ccc(C(C)C)cc2)cc1. The minimum atomic E-state index is 0.520. The summed E-state index contributed by atoms with van der Waals surface area (Å²) in [7, 11) is 0. The monoisotopic (exact) mass is 374 g/mol. The molecule has 2 aromatic heterocycles. The summed E-state index contributed by atoms with van der Waals surface area (Å²) < 4.78 is 2.04. The Morgan fingerprint density at radius 2 is 1.74 bits per heavy atom. The molecule has 1 N–H and O–H groups in total. The Hall–Kier alpha value is -2.79. The fourth-order valence-electron chi connectivity index (χ4n) is 3.06. The van der Waals surface area contributed by atoms with Gasteiger partial charge < -0.3 is 5.32 Å². The van der Waals surface area contributed by atoms with E-state index in [0.717, 1.165) is 28.4 Å². The number of anilines is 2. The molecule has 4 nitrogen and oxygen atoms in total. The zero-order chi connectivity index (χ0) is 18.8. The van der Waals surface area contributed by atoms with Gasteiger partial charge in [0.05, 0.1) is 6.20 Å². The first kappa shape index (κ1) is 17.6. The molecule has 0 amide bonds. The van der Waals surface area contributed by atoms with Crippen LogP contribution in [0.5, 0.6) is 0 Å². The van der Waals surface area contributed by atoms with Crippen LogP contribution in [0.2, 0.25) is 0 Å². The number of nitrogens with zero attached hydrogens (tertiary/aromatic N) is 3. The second-order valence-electron chi connectivity index (χ2n) is 6.74. The zero-order valence-corrected chi connectivity index (χ0v) is 16.5. The zero-order valence-electron chi connectivity index (χ0n) is 15.7. The van der Waals surface area contributed by atoms with Gasteiger partial charge in [0.15, 0.2) is 5.65 Å². The van der Waals surface area contributed by atoms with Crippen molar-refractivity contribution in [2.45, 2.75) is 24.7 Å². The van der Waals surface area contributed by atoms with Crippen LogP contribution in [-0.4, -0.2) is 20.6 Å². The quantitative estimate of drug-likeness (QED) is 0.436. The van der Waals surface area contributed by atoms with Gasteiger partial charge in [-0.05, 0) is 42.0 Å². The first-order chi connectivity index (χ1) is 13.2. The van der Waals surface area contributed by atoms with E-state index >= 15 is 0 Å². The van der Waals surface area contributed by atoms with Crippen molar-refractivity contribution in [1.29, 1.82) is 0 Å². The third kappa shape index (κ3) is 3.55. The number of hydrogen-bond acceptors (Lipinski definition) is 4. The van der Waals surface area contributed by atoms with E-state index in [1.165, 1.54) is 10.5 Å². The van der Waals surface area contributed by atoms with Gasteiger partial charge in [0.2, 0.25) is 0 Å². The molecule has 2 aromatic carbocycles. The lowest BCUT2D eigenvalue weighted by atomic mass is 10.0. The first-order valence-corrected chi connectivity index (χ1v) is 10.2. The third-order valence-corrected chi connectivity index (χ3v) is 5.38. The molecule has 0 aliphatic carbocycles. The molecule has 2 heterocycles. The molecule has 0 fully saturated rings. The maximum atomic E-state index is 4.81. The topological polar surface area (TPSA) is 42.2 Å². The highest BCUT2D eigenvalue weighted by Gasteiger charge is 2.14. The van der Waals surface area contributed by atoms with Crippen molar-refractivity contribution in [1.82, 2.24) is 14.4 Å². The van der Waals surface area contributed by atoms with Crippen molar-refractivity contribution in [3.63, 3.8) is 0 Å². The second-order valence-corrected chi connectivity index (χ2v) is 7.62. The summed E-state index contributed by atoms with van der Waals surface area (Å²) in [5.74, 6) is 1.47. The first-order valence-electron chi connectivity index (χ1n) is 8.99. The van der Waals surface area contributed by atoms with E-state index in [1.54, 1.807) is 24.2 Å². The average molecular weight is 375 g/mol. The summed E-state index contributed by atoms with van der Waals surface area (Å²) in [5, 5.41) is 3.56. The van der Waals surface area contributed by atoms with Gasteiger partial charge in [-0.1, -0.05) is 38.1 Å². The van der Waals surface area contributed by atoms with Gasteiger partial charge >= 0.3 is 0 Å². The van der Waals surface area contributed by atoms with Crippen LogP contribution in [0.15, 0.2) is 72.0 Å². The van der Waals surface area contributed by atoms with Gasteiger partial charge in [0.1, 0.15) is 11.5 Å². The van der Waals surface area contributed by atoms with E-state index in [1.807, 2.05) is 10.6 Å². The molecule has 4 aromatic rings. The Bertz CT molecular complexity index is 1050. The Morgan fingerprint density at radius 1 is 1.00 bits per heavy atom. The summed E-state index contributed by atoms with van der Waals surface area (Å²) in [6.45, 7) is 4.41. The van der Waals surface area contributed by atoms with E-state index in [9.17, 15) is 0 Å². The molecular weight excluding hydrogens is 352 g/mol. The van der Waals surface area contributed by atoms with Gasteiger partial charge in [-0.15, -0.1) is 11.8 Å². The molecule has 0 atom stereocenters. The Kier molecular flexibility index (Phi) is 4.86. The van der Waals surface area contributed by atoms with Crippen molar-refractivity contribution >= 4 is 28.9 Å². The third-order valence-electron chi connectivity index (χ3n) is 4.63. The summed E-state index contributed by atoms with van der Waals surface area (Å²) in [5.41, 5.74) is 5.19. The molecule has 0 saturated heterocycles. The van der Waals surface area contributed by atoms with Crippen LogP contribution in [0, 0.1) is 0 Å². The predicted molar refractivity (Wildman–Crippen MR) is 114 cm³/mol. The summed E-state index contributed by atoms with van der Waals surface area (Å²) >= 11 is 1.74. The highest BCUT2D eigenvalue weighted by molar-refractivity contribution is 7.98. The molecule has 4 rings (SSSR count). The smallest absolute Gasteiger partial charge is 0.157 e. The standard InChI is InChI=1S/C22H22N4S/c1-15(2)16-4-8-18(9-5-16)24-22-21(17-6-10-19(27-3)11-7-17)25-20-14-23-12-13-26(20)22/h4-15,24H,1-3H3. The number of imidazole rings is 1. The van der Waals surface area contributed by atoms with Crippen LogP contribution >= 0.6 is 11.8 Å². The van der Waals surface area contributed by atoms with Gasteiger partial charge in [-0.3, -0.25) is 9.38 Å². The normalized spacial score (nSPS) is 11.3. The lowest BCUT2D eigenvalue weighted by Gasteiger charge is -2.11. The van der Waals surface area contributed by atoms with Crippen molar-refractivity contribution in [3.05, 3.63) is 72.7 Å². The van der Waals surface area contributed by atoms with Crippen molar-refractivity contribution in [3.8, 4) is 11.3 Å². The van der Waals surface area contributed by atoms with Crippen molar-refractivity contribution in [2.75, 3.05) is 11.6 Å². The van der Waals surface area contributed by atoms with Crippen LogP contribution in [0.25, 0.3) is 16.9 Å². The molecule has 0 saturated carbocycles. The van der Waals surface area contributed by atoms with Gasteiger partial charge in [0, 0.05) is 28.5 Å². The van der Waals surface area contributed by atoms with Crippen LogP contribution in [0.4, 0.5) is 11.5 Å². The molecule has 0 unspecified atom stereocenters. The number of fused-ring (bicyclic) bond motifs is 1. The maximum Gasteiger partial charge on any atom is 0.157 e. The highest BCUT2D eigenvalue weighted by atomic mass is 32.2. The number of hydrogen-bond donors (Lipinski definition) is 1.